The molecule has 1 saturated carbocycles. The Kier molecular flexibility index (Phi) is 10.5. The molecule has 22 nitrogen and oxygen atoms in total. The van der Waals surface area contributed by atoms with Crippen LogP contribution in [0.25, 0.3) is 0 Å². The third-order valence-electron chi connectivity index (χ3n) is 8.45. The average Bonchev–Trinajstić information content (AvgIpc) is 3.14. The van der Waals surface area contributed by atoms with Crippen molar-refractivity contribution < 1.29 is 109 Å². The zero-order chi connectivity index (χ0) is 42.3. The molecule has 0 heterocycles. The standard InChI is InChI=1S/C35H28O22/c36-15-1-11(2-16(37)25(15)44)30(48)54-23-9-35(34(52)53,57-33(51)14-7-21(42)28(47)22(43)8-14)10-24(55-31(49)12-3-17(38)26(45)18(39)4-12)29(23)56-32(50)13-5-19(40)27(46)20(41)6-13/h1-8,23-24,29,36-47H,9-10H2,(H,52,53)/t23-,24?,29?,35?/m0/s1. The fraction of sp³-hybridized carbons (Fsp3) is 0.171. The number of hydrogen-bond acceptors (Lipinski definition) is 21. The van der Waals surface area contributed by atoms with Gasteiger partial charge in [-0.1, -0.05) is 0 Å². The number of ether oxygens (including phenoxy) is 4. The Hall–Kier alpha value is -8.17. The van der Waals surface area contributed by atoms with Crippen LogP contribution in [-0.4, -0.2) is 120 Å². The second-order valence-corrected chi connectivity index (χ2v) is 12.3. The molecule has 1 aliphatic rings. The summed E-state index contributed by atoms with van der Waals surface area (Å²) in [5, 5.41) is 129. The first-order valence-electron chi connectivity index (χ1n) is 15.7. The fourth-order valence-corrected chi connectivity index (χ4v) is 5.60. The maximum absolute atomic E-state index is 13.5. The van der Waals surface area contributed by atoms with E-state index in [4.69, 9.17) is 18.9 Å². The summed E-state index contributed by atoms with van der Waals surface area (Å²) in [5.74, 6) is -21.1. The van der Waals surface area contributed by atoms with Gasteiger partial charge in [-0.05, 0) is 48.5 Å². The number of esters is 4. The monoisotopic (exact) mass is 800 g/mol. The number of phenolic OH excluding ortho intramolecular Hbond substituents is 12. The quantitative estimate of drug-likeness (QED) is 0.0649. The minimum Gasteiger partial charge on any atom is -0.504 e. The molecule has 0 bridgehead atoms. The minimum atomic E-state index is -3.01. The minimum absolute atomic E-state index is 0.561. The number of aliphatic carboxylic acids is 1. The van der Waals surface area contributed by atoms with Crippen LogP contribution in [0.15, 0.2) is 48.5 Å². The summed E-state index contributed by atoms with van der Waals surface area (Å²) in [7, 11) is 0. The van der Waals surface area contributed by atoms with E-state index in [-0.39, 0.29) is 0 Å². The van der Waals surface area contributed by atoms with E-state index in [2.05, 4.69) is 0 Å². The van der Waals surface area contributed by atoms with Crippen molar-refractivity contribution in [2.75, 3.05) is 0 Å². The number of benzene rings is 4. The lowest BCUT2D eigenvalue weighted by atomic mass is 9.78. The van der Waals surface area contributed by atoms with E-state index in [0.717, 1.165) is 0 Å². The largest absolute Gasteiger partial charge is 0.504 e. The lowest BCUT2D eigenvalue weighted by Gasteiger charge is -2.44. The van der Waals surface area contributed by atoms with Crippen LogP contribution in [0.4, 0.5) is 0 Å². The second kappa shape index (κ2) is 14.9. The van der Waals surface area contributed by atoms with E-state index >= 15 is 0 Å². The number of aromatic hydroxyl groups is 12. The zero-order valence-corrected chi connectivity index (χ0v) is 28.3. The molecule has 4 aromatic carbocycles. The summed E-state index contributed by atoms with van der Waals surface area (Å²) >= 11 is 0. The maximum Gasteiger partial charge on any atom is 0.348 e. The smallest absolute Gasteiger partial charge is 0.348 e. The number of carbonyl (C=O) groups excluding carboxylic acids is 4. The average molecular weight is 801 g/mol. The van der Waals surface area contributed by atoms with Crippen LogP contribution in [0, 0.1) is 0 Å². The van der Waals surface area contributed by atoms with Crippen molar-refractivity contribution in [1.29, 1.82) is 0 Å². The predicted molar refractivity (Wildman–Crippen MR) is 178 cm³/mol. The molecule has 57 heavy (non-hydrogen) atoms. The Bertz CT molecular complexity index is 2160. The molecule has 1 aliphatic carbocycles. The Morgan fingerprint density at radius 2 is 0.667 bits per heavy atom. The normalized spacial score (nSPS) is 18.8. The molecule has 300 valence electrons. The number of carboxylic acids is 1. The van der Waals surface area contributed by atoms with Crippen molar-refractivity contribution in [3.63, 3.8) is 0 Å². The highest BCUT2D eigenvalue weighted by atomic mass is 16.6. The Balaban J connectivity index is 1.65. The lowest BCUT2D eigenvalue weighted by Crippen LogP contribution is -2.60. The van der Waals surface area contributed by atoms with Crippen molar-refractivity contribution in [3.05, 3.63) is 70.8 Å². The van der Waals surface area contributed by atoms with Crippen LogP contribution in [0.2, 0.25) is 0 Å². The molecule has 5 rings (SSSR count). The van der Waals surface area contributed by atoms with Crippen LogP contribution >= 0.6 is 0 Å². The molecule has 0 spiro atoms. The van der Waals surface area contributed by atoms with E-state index in [1.807, 2.05) is 0 Å². The first-order valence-corrected chi connectivity index (χ1v) is 15.7. The van der Waals surface area contributed by atoms with Gasteiger partial charge < -0.3 is 85.3 Å². The van der Waals surface area contributed by atoms with Gasteiger partial charge in [-0.2, -0.15) is 0 Å². The van der Waals surface area contributed by atoms with Gasteiger partial charge >= 0.3 is 29.8 Å². The molecule has 0 amide bonds. The van der Waals surface area contributed by atoms with Gasteiger partial charge in [0.05, 0.1) is 22.3 Å². The molecular weight excluding hydrogens is 772 g/mol. The number of rotatable bonds is 9. The molecule has 0 aromatic heterocycles. The molecular formula is C35H28O22. The number of carbonyl (C=O) groups is 5. The Labute approximate surface area is 315 Å². The van der Waals surface area contributed by atoms with E-state index in [1.165, 1.54) is 0 Å². The Morgan fingerprint density at radius 1 is 0.421 bits per heavy atom. The molecule has 4 aromatic rings. The van der Waals surface area contributed by atoms with Gasteiger partial charge in [0, 0.05) is 12.8 Å². The highest BCUT2D eigenvalue weighted by Crippen LogP contribution is 2.43. The van der Waals surface area contributed by atoms with Gasteiger partial charge in [0.1, 0.15) is 12.2 Å². The SMILES string of the molecule is O=C(OC1CC(OC(=O)c2cc(O)c(O)c(O)c2)(C(=O)O)C[C@H](OC(=O)c2cc(O)c(O)c(O)c2)C1OC(=O)c1cc(O)c(O)c(O)c1)c1cc(O)c(O)c(O)c1. The molecule has 22 heteroatoms. The highest BCUT2D eigenvalue weighted by Gasteiger charge is 2.58. The second-order valence-electron chi connectivity index (χ2n) is 12.3. The third kappa shape index (κ3) is 7.89. The zero-order valence-electron chi connectivity index (χ0n) is 28.3. The van der Waals surface area contributed by atoms with Crippen LogP contribution in [0.3, 0.4) is 0 Å². The predicted octanol–water partition coefficient (Wildman–Crippen LogP) is 1.60. The van der Waals surface area contributed by atoms with Gasteiger partial charge in [0.15, 0.2) is 75.1 Å². The number of carboxylic acid groups (broad SMARTS) is 1. The number of phenols is 12. The first-order chi connectivity index (χ1) is 26.6. The maximum atomic E-state index is 13.5. The molecule has 13 N–H and O–H groups in total. The summed E-state index contributed by atoms with van der Waals surface area (Å²) in [4.78, 5) is 66.8. The first kappa shape index (κ1) is 40.0. The van der Waals surface area contributed by atoms with Gasteiger partial charge in [-0.15, -0.1) is 0 Å². The summed E-state index contributed by atoms with van der Waals surface area (Å²) < 4.78 is 21.6. The summed E-state index contributed by atoms with van der Waals surface area (Å²) in [5.41, 5.74) is -5.96. The number of hydrogen-bond donors (Lipinski definition) is 13. The molecule has 0 radical (unpaired) electrons. The van der Waals surface area contributed by atoms with Crippen molar-refractivity contribution in [1.82, 2.24) is 0 Å². The van der Waals surface area contributed by atoms with Gasteiger partial charge in [0.25, 0.3) is 0 Å². The van der Waals surface area contributed by atoms with Gasteiger partial charge in [0.2, 0.25) is 5.60 Å². The van der Waals surface area contributed by atoms with Crippen molar-refractivity contribution >= 4 is 29.8 Å². The van der Waals surface area contributed by atoms with Crippen LogP contribution in [-0.2, 0) is 23.7 Å². The van der Waals surface area contributed by atoms with Crippen molar-refractivity contribution in [2.45, 2.75) is 36.8 Å². The summed E-state index contributed by atoms with van der Waals surface area (Å²) in [6.07, 6.45) is -9.11. The van der Waals surface area contributed by atoms with Crippen molar-refractivity contribution in [2.24, 2.45) is 0 Å². The molecule has 3 unspecified atom stereocenters. The summed E-state index contributed by atoms with van der Waals surface area (Å²) in [6, 6.07) is 4.64. The topological polar surface area (TPSA) is 385 Å². The summed E-state index contributed by atoms with van der Waals surface area (Å²) in [6.45, 7) is 0. The van der Waals surface area contributed by atoms with Gasteiger partial charge in [-0.25, -0.2) is 24.0 Å². The van der Waals surface area contributed by atoms with Gasteiger partial charge in [-0.3, -0.25) is 0 Å². The van der Waals surface area contributed by atoms with Crippen LogP contribution in [0.5, 0.6) is 69.0 Å². The lowest BCUT2D eigenvalue weighted by molar-refractivity contribution is -0.189. The molecule has 4 atom stereocenters. The third-order valence-corrected chi connectivity index (χ3v) is 8.45. The fourth-order valence-electron chi connectivity index (χ4n) is 5.60. The van der Waals surface area contributed by atoms with Crippen LogP contribution < -0.4 is 0 Å². The molecule has 1 fully saturated rings. The van der Waals surface area contributed by atoms with E-state index in [1.54, 1.807) is 0 Å². The van der Waals surface area contributed by atoms with E-state index < -0.39 is 158 Å². The van der Waals surface area contributed by atoms with Crippen molar-refractivity contribution in [3.8, 4) is 69.0 Å². The van der Waals surface area contributed by atoms with E-state index in [9.17, 15) is 90.4 Å². The van der Waals surface area contributed by atoms with E-state index in [0.29, 0.717) is 48.5 Å². The molecule has 0 saturated heterocycles. The Morgan fingerprint density at radius 3 is 0.930 bits per heavy atom. The van der Waals surface area contributed by atoms with Crippen LogP contribution in [0.1, 0.15) is 54.3 Å². The highest BCUT2D eigenvalue weighted by molar-refractivity contribution is 5.95. The molecule has 0 aliphatic heterocycles.